The third-order valence-electron chi connectivity index (χ3n) is 4.90. The van der Waals surface area contributed by atoms with Crippen molar-refractivity contribution >= 4 is 29.4 Å². The Bertz CT molecular complexity index is 604. The second-order valence-corrected chi connectivity index (χ2v) is 7.85. The summed E-state index contributed by atoms with van der Waals surface area (Å²) in [5, 5.41) is 8.16. The molecule has 1 aliphatic heterocycles. The molecule has 9 nitrogen and oxygen atoms in total. The smallest absolute Gasteiger partial charge is 0.239 e. The second-order valence-electron chi connectivity index (χ2n) is 7.85. The number of imide groups is 1. The number of nitrogens with zero attached hydrogens (tertiary/aromatic N) is 1. The fraction of sp³-hybridized carbons (Fsp3) is 0.750. The molecule has 0 unspecified atom stereocenters. The van der Waals surface area contributed by atoms with E-state index in [1.807, 2.05) is 13.8 Å². The highest BCUT2D eigenvalue weighted by atomic mass is 16.2. The number of hydrogen-bond donors (Lipinski definition) is 3. The lowest BCUT2D eigenvalue weighted by atomic mass is 10.0. The predicted octanol–water partition coefficient (Wildman–Crippen LogP) is 0.130. The monoisotopic (exact) mass is 410 g/mol. The van der Waals surface area contributed by atoms with Crippen LogP contribution in [0.2, 0.25) is 0 Å². The first kappa shape index (κ1) is 24.7. The van der Waals surface area contributed by atoms with Crippen LogP contribution in [0.1, 0.15) is 59.3 Å². The van der Waals surface area contributed by atoms with Gasteiger partial charge in [0.1, 0.15) is 0 Å². The Morgan fingerprint density at radius 2 is 1.66 bits per heavy atom. The number of Topliss-reactive ketones (excluding diaryl/α,β-unsaturated/α-hetero) is 1. The van der Waals surface area contributed by atoms with Crippen LogP contribution in [0, 0.1) is 5.92 Å². The third-order valence-corrected chi connectivity index (χ3v) is 4.90. The summed E-state index contributed by atoms with van der Waals surface area (Å²) in [6.07, 6.45) is 2.77. The molecule has 2 atom stereocenters. The van der Waals surface area contributed by atoms with Crippen molar-refractivity contribution in [2.45, 2.75) is 71.4 Å². The fourth-order valence-corrected chi connectivity index (χ4v) is 3.23. The van der Waals surface area contributed by atoms with Crippen LogP contribution in [0.5, 0.6) is 0 Å². The van der Waals surface area contributed by atoms with E-state index in [0.29, 0.717) is 38.1 Å². The van der Waals surface area contributed by atoms with Crippen molar-refractivity contribution in [1.82, 2.24) is 20.9 Å². The summed E-state index contributed by atoms with van der Waals surface area (Å²) in [4.78, 5) is 60.5. The van der Waals surface area contributed by atoms with Gasteiger partial charge in [-0.25, -0.2) is 0 Å². The maximum absolute atomic E-state index is 12.1. The Balaban J connectivity index is 2.37. The Morgan fingerprint density at radius 1 is 1.03 bits per heavy atom. The van der Waals surface area contributed by atoms with Gasteiger partial charge in [0.25, 0.3) is 0 Å². The molecule has 1 aliphatic rings. The summed E-state index contributed by atoms with van der Waals surface area (Å²) in [5.74, 6) is -0.830. The molecule has 4 amide bonds. The molecule has 3 N–H and O–H groups in total. The first-order valence-electron chi connectivity index (χ1n) is 10.2. The number of ketones is 1. The van der Waals surface area contributed by atoms with Crippen molar-refractivity contribution in [1.29, 1.82) is 0 Å². The molecule has 29 heavy (non-hydrogen) atoms. The number of nitrogens with one attached hydrogen (secondary N) is 3. The highest BCUT2D eigenvalue weighted by molar-refractivity contribution is 6.01. The molecular formula is C20H34N4O5. The molecule has 0 radical (unpaired) electrons. The normalized spacial score (nSPS) is 16.1. The molecule has 164 valence electrons. The standard InChI is InChI=1S/C20H34N4O5/c1-13(2)11-16(21-4)20(29)22-12-17(26)23-15(14(3)25)7-5-6-10-24-18(27)8-9-19(24)28/h13,15-16,21H,5-12H2,1-4H3,(H,22,29)(H,23,26)/t15-,16-/m0/s1. The zero-order valence-electron chi connectivity index (χ0n) is 17.9. The average molecular weight is 411 g/mol. The van der Waals surface area contributed by atoms with Crippen LogP contribution in [0.3, 0.4) is 0 Å². The van der Waals surface area contributed by atoms with Crippen LogP contribution in [-0.4, -0.2) is 66.5 Å². The van der Waals surface area contributed by atoms with Crippen molar-refractivity contribution in [3.63, 3.8) is 0 Å². The van der Waals surface area contributed by atoms with Crippen LogP contribution < -0.4 is 16.0 Å². The van der Waals surface area contributed by atoms with Crippen molar-refractivity contribution in [3.05, 3.63) is 0 Å². The number of carbonyl (C=O) groups is 5. The quantitative estimate of drug-likeness (QED) is 0.293. The minimum Gasteiger partial charge on any atom is -0.346 e. The number of likely N-dealkylation sites (tertiary alicyclic amines) is 1. The number of carbonyl (C=O) groups excluding carboxylic acids is 5. The van der Waals surface area contributed by atoms with Gasteiger partial charge in [-0.2, -0.15) is 0 Å². The van der Waals surface area contributed by atoms with Gasteiger partial charge < -0.3 is 16.0 Å². The van der Waals surface area contributed by atoms with Gasteiger partial charge in [0.05, 0.1) is 18.6 Å². The van der Waals surface area contributed by atoms with E-state index in [-0.39, 0.29) is 48.9 Å². The van der Waals surface area contributed by atoms with E-state index in [2.05, 4.69) is 16.0 Å². The van der Waals surface area contributed by atoms with Gasteiger partial charge in [-0.3, -0.25) is 28.9 Å². The topological polar surface area (TPSA) is 125 Å². The SMILES string of the molecule is CN[C@@H](CC(C)C)C(=O)NCC(=O)N[C@@H](CCCCN1C(=O)CCC1=O)C(C)=O. The molecule has 0 spiro atoms. The van der Waals surface area contributed by atoms with Crippen molar-refractivity contribution in [2.75, 3.05) is 20.1 Å². The van der Waals surface area contributed by atoms with E-state index in [9.17, 15) is 24.0 Å². The molecule has 9 heteroatoms. The number of likely N-dealkylation sites (N-methyl/N-ethyl adjacent to an activating group) is 1. The molecule has 0 aromatic carbocycles. The Morgan fingerprint density at radius 3 is 2.17 bits per heavy atom. The van der Waals surface area contributed by atoms with E-state index in [4.69, 9.17) is 0 Å². The van der Waals surface area contributed by atoms with Crippen molar-refractivity contribution in [2.24, 2.45) is 5.92 Å². The third kappa shape index (κ3) is 8.72. The van der Waals surface area contributed by atoms with E-state index < -0.39 is 11.9 Å². The fourth-order valence-electron chi connectivity index (χ4n) is 3.23. The summed E-state index contributed by atoms with van der Waals surface area (Å²) < 4.78 is 0. The number of unbranched alkanes of at least 4 members (excludes halogenated alkanes) is 1. The molecule has 0 saturated carbocycles. The van der Waals surface area contributed by atoms with Gasteiger partial charge in [-0.05, 0) is 45.6 Å². The van der Waals surface area contributed by atoms with E-state index in [0.717, 1.165) is 0 Å². The summed E-state index contributed by atoms with van der Waals surface area (Å²) in [6, 6.07) is -1.03. The van der Waals surface area contributed by atoms with Gasteiger partial charge in [0, 0.05) is 19.4 Å². The highest BCUT2D eigenvalue weighted by Gasteiger charge is 2.28. The number of rotatable bonds is 13. The average Bonchev–Trinajstić information content (AvgIpc) is 2.97. The maximum atomic E-state index is 12.1. The molecule has 0 aromatic heterocycles. The highest BCUT2D eigenvalue weighted by Crippen LogP contribution is 2.13. The van der Waals surface area contributed by atoms with Gasteiger partial charge in [-0.15, -0.1) is 0 Å². The van der Waals surface area contributed by atoms with E-state index in [1.165, 1.54) is 11.8 Å². The Kier molecular flexibility index (Phi) is 10.5. The number of amides is 4. The lowest BCUT2D eigenvalue weighted by Crippen LogP contribution is -2.49. The van der Waals surface area contributed by atoms with E-state index in [1.54, 1.807) is 7.05 Å². The minimum absolute atomic E-state index is 0.153. The number of hydrogen-bond acceptors (Lipinski definition) is 6. The zero-order chi connectivity index (χ0) is 22.0. The van der Waals surface area contributed by atoms with Crippen LogP contribution in [-0.2, 0) is 24.0 Å². The first-order chi connectivity index (χ1) is 13.6. The lowest BCUT2D eigenvalue weighted by Gasteiger charge is -2.19. The van der Waals surface area contributed by atoms with Gasteiger partial charge >= 0.3 is 0 Å². The summed E-state index contributed by atoms with van der Waals surface area (Å²) >= 11 is 0. The summed E-state index contributed by atoms with van der Waals surface area (Å²) in [6.45, 7) is 5.56. The van der Waals surface area contributed by atoms with Crippen molar-refractivity contribution in [3.8, 4) is 0 Å². The van der Waals surface area contributed by atoms with Crippen molar-refractivity contribution < 1.29 is 24.0 Å². The summed E-state index contributed by atoms with van der Waals surface area (Å²) in [7, 11) is 1.70. The molecule has 1 rings (SSSR count). The molecule has 1 saturated heterocycles. The molecule has 1 heterocycles. The van der Waals surface area contributed by atoms with Crippen LogP contribution in [0.25, 0.3) is 0 Å². The minimum atomic E-state index is -0.653. The van der Waals surface area contributed by atoms with E-state index >= 15 is 0 Å². The first-order valence-corrected chi connectivity index (χ1v) is 10.2. The molecule has 0 bridgehead atoms. The summed E-state index contributed by atoms with van der Waals surface area (Å²) in [5.41, 5.74) is 0. The Labute approximate surface area is 172 Å². The van der Waals surface area contributed by atoms with Gasteiger partial charge in [-0.1, -0.05) is 13.8 Å². The van der Waals surface area contributed by atoms with Gasteiger partial charge in [0.2, 0.25) is 23.6 Å². The largest absolute Gasteiger partial charge is 0.346 e. The zero-order valence-corrected chi connectivity index (χ0v) is 17.9. The lowest BCUT2D eigenvalue weighted by molar-refractivity contribution is -0.138. The predicted molar refractivity (Wildman–Crippen MR) is 108 cm³/mol. The van der Waals surface area contributed by atoms with Crippen LogP contribution >= 0.6 is 0 Å². The van der Waals surface area contributed by atoms with Gasteiger partial charge in [0.15, 0.2) is 5.78 Å². The second kappa shape index (κ2) is 12.3. The molecule has 0 aliphatic carbocycles. The van der Waals surface area contributed by atoms with Crippen LogP contribution in [0.15, 0.2) is 0 Å². The molecular weight excluding hydrogens is 376 g/mol. The molecule has 1 fully saturated rings. The van der Waals surface area contributed by atoms with Crippen LogP contribution in [0.4, 0.5) is 0 Å². The maximum Gasteiger partial charge on any atom is 0.239 e. The Hall–Kier alpha value is -2.29. The molecule has 0 aromatic rings.